The summed E-state index contributed by atoms with van der Waals surface area (Å²) < 4.78 is 1.85. The first-order valence-electron chi connectivity index (χ1n) is 9.08. The molecule has 0 bridgehead atoms. The lowest BCUT2D eigenvalue weighted by Gasteiger charge is -2.34. The van der Waals surface area contributed by atoms with Gasteiger partial charge >= 0.3 is 0 Å². The average Bonchev–Trinajstić information content (AvgIpc) is 3.12. The van der Waals surface area contributed by atoms with Gasteiger partial charge in [-0.05, 0) is 19.4 Å². The summed E-state index contributed by atoms with van der Waals surface area (Å²) >= 11 is 0. The number of anilines is 1. The van der Waals surface area contributed by atoms with Crippen LogP contribution < -0.4 is 10.2 Å². The highest BCUT2D eigenvalue weighted by Gasteiger charge is 2.22. The fourth-order valence-corrected chi connectivity index (χ4v) is 3.11. The van der Waals surface area contributed by atoms with E-state index in [1.165, 1.54) is 0 Å². The Labute approximate surface area is 153 Å². The molecule has 2 aromatic heterocycles. The Morgan fingerprint density at radius 1 is 1.19 bits per heavy atom. The predicted molar refractivity (Wildman–Crippen MR) is 97.6 cm³/mol. The minimum Gasteiger partial charge on any atom is -0.345 e. The molecule has 1 saturated heterocycles. The Hall–Kier alpha value is -2.55. The second-order valence-corrected chi connectivity index (χ2v) is 6.44. The summed E-state index contributed by atoms with van der Waals surface area (Å²) in [5, 5.41) is 7.24. The number of hydrogen-bond acceptors (Lipinski definition) is 7. The van der Waals surface area contributed by atoms with Gasteiger partial charge in [-0.3, -0.25) is 9.69 Å². The summed E-state index contributed by atoms with van der Waals surface area (Å²) in [6.07, 6.45) is 6.02. The smallest absolute Gasteiger partial charge is 0.234 e. The van der Waals surface area contributed by atoms with E-state index in [2.05, 4.69) is 42.1 Å². The van der Waals surface area contributed by atoms with Gasteiger partial charge in [0, 0.05) is 45.1 Å². The van der Waals surface area contributed by atoms with Gasteiger partial charge in [0.1, 0.15) is 12.2 Å². The predicted octanol–water partition coefficient (Wildman–Crippen LogP) is 0.478. The van der Waals surface area contributed by atoms with Crippen LogP contribution in [-0.2, 0) is 11.3 Å². The van der Waals surface area contributed by atoms with Gasteiger partial charge < -0.3 is 10.2 Å². The molecule has 3 heterocycles. The van der Waals surface area contributed by atoms with Crippen LogP contribution in [0.4, 0.5) is 5.95 Å². The van der Waals surface area contributed by atoms with Crippen molar-refractivity contribution in [3.8, 4) is 0 Å². The van der Waals surface area contributed by atoms with Crippen molar-refractivity contribution >= 4 is 11.9 Å². The fourth-order valence-electron chi connectivity index (χ4n) is 3.11. The third kappa shape index (κ3) is 4.54. The van der Waals surface area contributed by atoms with Crippen molar-refractivity contribution < 1.29 is 4.79 Å². The highest BCUT2D eigenvalue weighted by molar-refractivity contribution is 5.78. The summed E-state index contributed by atoms with van der Waals surface area (Å²) in [4.78, 5) is 29.5. The number of piperazine rings is 1. The Morgan fingerprint density at radius 2 is 1.92 bits per heavy atom. The molecule has 1 fully saturated rings. The van der Waals surface area contributed by atoms with Gasteiger partial charge in [0.25, 0.3) is 0 Å². The van der Waals surface area contributed by atoms with Crippen molar-refractivity contribution in [2.45, 2.75) is 32.9 Å². The molecular formula is C17H26N8O. The molecule has 2 aromatic rings. The Balaban J connectivity index is 1.46. The van der Waals surface area contributed by atoms with Gasteiger partial charge in [-0.15, -0.1) is 0 Å². The average molecular weight is 358 g/mol. The molecule has 1 aliphatic heterocycles. The third-order valence-electron chi connectivity index (χ3n) is 4.42. The molecule has 0 radical (unpaired) electrons. The molecular weight excluding hydrogens is 332 g/mol. The number of amides is 1. The summed E-state index contributed by atoms with van der Waals surface area (Å²) in [6, 6.07) is 1.66. The molecule has 0 aliphatic carbocycles. The summed E-state index contributed by atoms with van der Waals surface area (Å²) in [6.45, 7) is 8.48. The van der Waals surface area contributed by atoms with Crippen molar-refractivity contribution in [1.29, 1.82) is 0 Å². The van der Waals surface area contributed by atoms with E-state index in [9.17, 15) is 4.79 Å². The first-order valence-corrected chi connectivity index (χ1v) is 9.08. The monoisotopic (exact) mass is 358 g/mol. The fraction of sp³-hybridized carbons (Fsp3) is 0.588. The minimum atomic E-state index is -0.157. The van der Waals surface area contributed by atoms with Crippen LogP contribution in [0, 0.1) is 0 Å². The first-order chi connectivity index (χ1) is 12.7. The molecule has 1 aliphatic rings. The zero-order valence-electron chi connectivity index (χ0n) is 15.4. The van der Waals surface area contributed by atoms with Crippen molar-refractivity contribution in [3.05, 3.63) is 30.6 Å². The van der Waals surface area contributed by atoms with Gasteiger partial charge in [-0.2, -0.15) is 5.10 Å². The lowest BCUT2D eigenvalue weighted by molar-refractivity contribution is -0.123. The zero-order valence-corrected chi connectivity index (χ0v) is 15.4. The second kappa shape index (κ2) is 8.70. The van der Waals surface area contributed by atoms with E-state index in [4.69, 9.17) is 0 Å². The van der Waals surface area contributed by atoms with E-state index in [0.29, 0.717) is 6.54 Å². The maximum Gasteiger partial charge on any atom is 0.234 e. The minimum absolute atomic E-state index is 0.00737. The second-order valence-electron chi connectivity index (χ2n) is 6.44. The van der Waals surface area contributed by atoms with E-state index >= 15 is 0 Å². The van der Waals surface area contributed by atoms with Crippen molar-refractivity contribution in [3.63, 3.8) is 0 Å². The van der Waals surface area contributed by atoms with Crippen molar-refractivity contribution in [2.75, 3.05) is 37.6 Å². The summed E-state index contributed by atoms with van der Waals surface area (Å²) in [7, 11) is 0. The van der Waals surface area contributed by atoms with Gasteiger partial charge in [0.05, 0.1) is 12.6 Å². The maximum atomic E-state index is 12.4. The highest BCUT2D eigenvalue weighted by atomic mass is 16.2. The van der Waals surface area contributed by atoms with Gasteiger partial charge in [0.15, 0.2) is 0 Å². The molecule has 26 heavy (non-hydrogen) atoms. The Bertz CT molecular complexity index is 696. The molecule has 1 amide bonds. The normalized spacial score (nSPS) is 16.5. The molecule has 140 valence electrons. The number of carbonyl (C=O) groups excluding carboxylic acids is 1. The zero-order chi connectivity index (χ0) is 18.4. The molecule has 9 heteroatoms. The van der Waals surface area contributed by atoms with Gasteiger partial charge in [-0.25, -0.2) is 19.6 Å². The summed E-state index contributed by atoms with van der Waals surface area (Å²) in [5.74, 6) is 1.56. The SMILES string of the molecule is CCCn1ncnc1C(C)NC(=O)CN1CCN(c2ncccn2)CC1. The number of aryl methyl sites for hydroxylation is 1. The summed E-state index contributed by atoms with van der Waals surface area (Å²) in [5.41, 5.74) is 0. The van der Waals surface area contributed by atoms with Gasteiger partial charge in [0.2, 0.25) is 11.9 Å². The number of nitrogens with zero attached hydrogens (tertiary/aromatic N) is 7. The van der Waals surface area contributed by atoms with E-state index in [1.54, 1.807) is 18.7 Å². The topological polar surface area (TPSA) is 92.1 Å². The van der Waals surface area contributed by atoms with Crippen LogP contribution in [0.25, 0.3) is 0 Å². The van der Waals surface area contributed by atoms with Crippen LogP contribution in [0.2, 0.25) is 0 Å². The van der Waals surface area contributed by atoms with E-state index < -0.39 is 0 Å². The number of carbonyl (C=O) groups is 1. The van der Waals surface area contributed by atoms with Crippen LogP contribution in [0.15, 0.2) is 24.8 Å². The Morgan fingerprint density at radius 3 is 2.62 bits per heavy atom. The van der Waals surface area contributed by atoms with Gasteiger partial charge in [-0.1, -0.05) is 6.92 Å². The van der Waals surface area contributed by atoms with E-state index in [0.717, 1.165) is 50.9 Å². The lowest BCUT2D eigenvalue weighted by atomic mass is 10.3. The first kappa shape index (κ1) is 18.2. The number of hydrogen-bond donors (Lipinski definition) is 1. The Kier molecular flexibility index (Phi) is 6.11. The third-order valence-corrected chi connectivity index (χ3v) is 4.42. The lowest BCUT2D eigenvalue weighted by Crippen LogP contribution is -2.50. The largest absolute Gasteiger partial charge is 0.345 e. The van der Waals surface area contributed by atoms with E-state index in [1.807, 2.05) is 17.7 Å². The van der Waals surface area contributed by atoms with Crippen LogP contribution >= 0.6 is 0 Å². The van der Waals surface area contributed by atoms with Crippen LogP contribution in [0.1, 0.15) is 32.1 Å². The molecule has 0 saturated carbocycles. The number of nitrogens with one attached hydrogen (secondary N) is 1. The molecule has 0 aromatic carbocycles. The number of rotatable bonds is 7. The molecule has 1 unspecified atom stereocenters. The maximum absolute atomic E-state index is 12.4. The van der Waals surface area contributed by atoms with Crippen LogP contribution in [-0.4, -0.2) is 68.3 Å². The molecule has 0 spiro atoms. The molecule has 1 atom stereocenters. The highest BCUT2D eigenvalue weighted by Crippen LogP contribution is 2.11. The van der Waals surface area contributed by atoms with E-state index in [-0.39, 0.29) is 11.9 Å². The standard InChI is InChI=1S/C17H26N8O/c1-3-7-25-16(20-13-21-25)14(2)22-15(26)12-23-8-10-24(11-9-23)17-18-5-4-6-19-17/h4-6,13-14H,3,7-12H2,1-2H3,(H,22,26). The van der Waals surface area contributed by atoms with Crippen LogP contribution in [0.5, 0.6) is 0 Å². The van der Waals surface area contributed by atoms with Crippen molar-refractivity contribution in [2.24, 2.45) is 0 Å². The molecule has 9 nitrogen and oxygen atoms in total. The van der Waals surface area contributed by atoms with Crippen LogP contribution in [0.3, 0.4) is 0 Å². The van der Waals surface area contributed by atoms with Crippen molar-refractivity contribution in [1.82, 2.24) is 34.9 Å². The molecule has 3 rings (SSSR count). The number of aromatic nitrogens is 5. The molecule has 1 N–H and O–H groups in total. The quantitative estimate of drug-likeness (QED) is 0.769.